The average molecular weight is 431 g/mol. The Balaban J connectivity index is 1.24. The van der Waals surface area contributed by atoms with E-state index in [2.05, 4.69) is 27.1 Å². The SMILES string of the molecule is NC(Cc1cnc(Oc2ccc3c(c2)CCC(c2ccccc2)O3)s1)c1ccncn1. The third-order valence-electron chi connectivity index (χ3n) is 5.29. The van der Waals surface area contributed by atoms with Gasteiger partial charge in [0.25, 0.3) is 5.19 Å². The number of nitrogens with zero attached hydrogens (tertiary/aromatic N) is 3. The summed E-state index contributed by atoms with van der Waals surface area (Å²) in [5.41, 5.74) is 9.44. The fourth-order valence-corrected chi connectivity index (χ4v) is 4.54. The molecule has 0 radical (unpaired) electrons. The predicted molar refractivity (Wildman–Crippen MR) is 119 cm³/mol. The molecule has 0 fully saturated rings. The summed E-state index contributed by atoms with van der Waals surface area (Å²) in [6.45, 7) is 0. The van der Waals surface area contributed by atoms with Gasteiger partial charge in [-0.15, -0.1) is 0 Å². The van der Waals surface area contributed by atoms with E-state index in [0.717, 1.165) is 40.5 Å². The maximum Gasteiger partial charge on any atom is 0.278 e. The fourth-order valence-electron chi connectivity index (χ4n) is 3.70. The van der Waals surface area contributed by atoms with Gasteiger partial charge in [-0.3, -0.25) is 0 Å². The third-order valence-corrected chi connectivity index (χ3v) is 6.19. The lowest BCUT2D eigenvalue weighted by molar-refractivity contribution is 0.176. The van der Waals surface area contributed by atoms with Crippen LogP contribution in [0.15, 0.2) is 73.3 Å². The molecule has 7 heteroatoms. The zero-order valence-electron chi connectivity index (χ0n) is 16.8. The quantitative estimate of drug-likeness (QED) is 0.462. The molecule has 2 unspecified atom stereocenters. The van der Waals surface area contributed by atoms with E-state index in [1.807, 2.05) is 48.7 Å². The van der Waals surface area contributed by atoms with Gasteiger partial charge in [0.1, 0.15) is 23.9 Å². The fraction of sp³-hybridized carbons (Fsp3) is 0.208. The predicted octanol–water partition coefficient (Wildman–Crippen LogP) is 5.03. The van der Waals surface area contributed by atoms with Crippen LogP contribution in [-0.2, 0) is 12.8 Å². The van der Waals surface area contributed by atoms with Gasteiger partial charge in [0.2, 0.25) is 0 Å². The van der Waals surface area contributed by atoms with Crippen LogP contribution in [0.3, 0.4) is 0 Å². The number of nitrogens with two attached hydrogens (primary N) is 1. The number of aryl methyl sites for hydroxylation is 1. The molecule has 2 aromatic heterocycles. The Kier molecular flexibility index (Phi) is 5.60. The number of hydrogen-bond acceptors (Lipinski definition) is 7. The second-order valence-corrected chi connectivity index (χ2v) is 8.54. The number of benzene rings is 2. The van der Waals surface area contributed by atoms with E-state index in [9.17, 15) is 0 Å². The molecule has 5 rings (SSSR count). The van der Waals surface area contributed by atoms with Crippen molar-refractivity contribution in [2.45, 2.75) is 31.4 Å². The highest BCUT2D eigenvalue weighted by atomic mass is 32.1. The van der Waals surface area contributed by atoms with Crippen LogP contribution in [0.4, 0.5) is 0 Å². The zero-order chi connectivity index (χ0) is 21.0. The highest BCUT2D eigenvalue weighted by Crippen LogP contribution is 2.38. The van der Waals surface area contributed by atoms with Crippen molar-refractivity contribution >= 4 is 11.3 Å². The monoisotopic (exact) mass is 430 g/mol. The Morgan fingerprint density at radius 1 is 1.13 bits per heavy atom. The van der Waals surface area contributed by atoms with Crippen molar-refractivity contribution in [3.8, 4) is 16.7 Å². The molecule has 2 atom stereocenters. The van der Waals surface area contributed by atoms with Crippen molar-refractivity contribution in [2.24, 2.45) is 5.73 Å². The van der Waals surface area contributed by atoms with E-state index in [1.54, 1.807) is 6.20 Å². The zero-order valence-corrected chi connectivity index (χ0v) is 17.7. The van der Waals surface area contributed by atoms with Crippen molar-refractivity contribution in [3.63, 3.8) is 0 Å². The van der Waals surface area contributed by atoms with Crippen molar-refractivity contribution in [1.29, 1.82) is 0 Å². The first-order valence-corrected chi connectivity index (χ1v) is 11.0. The number of rotatable bonds is 6. The highest BCUT2D eigenvalue weighted by molar-refractivity contribution is 7.13. The van der Waals surface area contributed by atoms with Crippen molar-refractivity contribution in [3.05, 3.63) is 95.0 Å². The maximum absolute atomic E-state index is 6.25. The Bertz CT molecular complexity index is 1150. The highest BCUT2D eigenvalue weighted by Gasteiger charge is 2.22. The normalized spacial score (nSPS) is 16.2. The van der Waals surface area contributed by atoms with E-state index in [0.29, 0.717) is 11.6 Å². The molecule has 0 spiro atoms. The van der Waals surface area contributed by atoms with E-state index in [4.69, 9.17) is 15.2 Å². The second-order valence-electron chi connectivity index (χ2n) is 7.46. The Morgan fingerprint density at radius 2 is 2.03 bits per heavy atom. The molecule has 4 aromatic rings. The maximum atomic E-state index is 6.25. The van der Waals surface area contributed by atoms with Crippen LogP contribution in [0, 0.1) is 0 Å². The lowest BCUT2D eigenvalue weighted by Crippen LogP contribution is -2.15. The van der Waals surface area contributed by atoms with Crippen LogP contribution < -0.4 is 15.2 Å². The second kappa shape index (κ2) is 8.83. The standard InChI is InChI=1S/C24H22N4O2S/c25-20(21-10-11-26-15-28-21)13-19-14-27-24(31-19)29-18-7-9-23-17(12-18)6-8-22(30-23)16-4-2-1-3-5-16/h1-5,7,9-12,14-15,20,22H,6,8,13,25H2. The van der Waals surface area contributed by atoms with Gasteiger partial charge in [0.05, 0.1) is 11.7 Å². The molecular formula is C24H22N4O2S. The summed E-state index contributed by atoms with van der Waals surface area (Å²) < 4.78 is 12.2. The molecule has 0 amide bonds. The van der Waals surface area contributed by atoms with E-state index in [-0.39, 0.29) is 12.1 Å². The topological polar surface area (TPSA) is 83.2 Å². The van der Waals surface area contributed by atoms with Crippen molar-refractivity contribution < 1.29 is 9.47 Å². The van der Waals surface area contributed by atoms with E-state index >= 15 is 0 Å². The van der Waals surface area contributed by atoms with Crippen LogP contribution in [-0.4, -0.2) is 15.0 Å². The van der Waals surface area contributed by atoms with Crippen LogP contribution in [0.5, 0.6) is 16.7 Å². The molecule has 156 valence electrons. The lowest BCUT2D eigenvalue weighted by atomic mass is 9.97. The number of ether oxygens (including phenoxy) is 2. The van der Waals surface area contributed by atoms with Crippen LogP contribution in [0.1, 0.15) is 40.3 Å². The summed E-state index contributed by atoms with van der Waals surface area (Å²) in [5, 5.41) is 0.601. The smallest absolute Gasteiger partial charge is 0.278 e. The largest absolute Gasteiger partial charge is 0.485 e. The summed E-state index contributed by atoms with van der Waals surface area (Å²) in [6, 6.07) is 18.0. The molecule has 3 heterocycles. The molecule has 0 bridgehead atoms. The van der Waals surface area contributed by atoms with E-state index in [1.165, 1.54) is 23.2 Å². The van der Waals surface area contributed by atoms with Gasteiger partial charge in [0.15, 0.2) is 0 Å². The molecular weight excluding hydrogens is 408 g/mol. The Morgan fingerprint density at radius 3 is 2.87 bits per heavy atom. The van der Waals surface area contributed by atoms with Crippen LogP contribution >= 0.6 is 11.3 Å². The number of hydrogen-bond donors (Lipinski definition) is 1. The minimum absolute atomic E-state index is 0.0982. The average Bonchev–Trinajstić information content (AvgIpc) is 3.26. The van der Waals surface area contributed by atoms with Crippen molar-refractivity contribution in [2.75, 3.05) is 0 Å². The van der Waals surface area contributed by atoms with Gasteiger partial charge in [-0.05, 0) is 48.2 Å². The summed E-state index contributed by atoms with van der Waals surface area (Å²) in [6.07, 6.45) is 7.67. The van der Waals surface area contributed by atoms with Gasteiger partial charge in [-0.25, -0.2) is 15.0 Å². The molecule has 0 saturated heterocycles. The number of thiazole rings is 1. The summed E-state index contributed by atoms with van der Waals surface area (Å²) in [5.74, 6) is 1.68. The third kappa shape index (κ3) is 4.57. The molecule has 0 saturated carbocycles. The Hall–Kier alpha value is -3.29. The first-order valence-electron chi connectivity index (χ1n) is 10.2. The summed E-state index contributed by atoms with van der Waals surface area (Å²) in [4.78, 5) is 13.6. The van der Waals surface area contributed by atoms with Gasteiger partial charge < -0.3 is 15.2 Å². The van der Waals surface area contributed by atoms with Crippen LogP contribution in [0.2, 0.25) is 0 Å². The summed E-state index contributed by atoms with van der Waals surface area (Å²) in [7, 11) is 0. The lowest BCUT2D eigenvalue weighted by Gasteiger charge is -2.26. The first kappa shape index (κ1) is 19.7. The van der Waals surface area contributed by atoms with Gasteiger partial charge in [-0.1, -0.05) is 41.7 Å². The van der Waals surface area contributed by atoms with Crippen molar-refractivity contribution in [1.82, 2.24) is 15.0 Å². The first-order chi connectivity index (χ1) is 15.2. The van der Waals surface area contributed by atoms with Crippen LogP contribution in [0.25, 0.3) is 0 Å². The van der Waals surface area contributed by atoms with Gasteiger partial charge >= 0.3 is 0 Å². The molecule has 0 aliphatic carbocycles. The van der Waals surface area contributed by atoms with Gasteiger partial charge in [-0.2, -0.15) is 0 Å². The minimum atomic E-state index is -0.199. The number of aromatic nitrogens is 3. The Labute approximate surface area is 184 Å². The molecule has 1 aliphatic rings. The minimum Gasteiger partial charge on any atom is -0.485 e. The summed E-state index contributed by atoms with van der Waals surface area (Å²) >= 11 is 1.50. The molecule has 2 N–H and O–H groups in total. The van der Waals surface area contributed by atoms with E-state index < -0.39 is 0 Å². The molecule has 31 heavy (non-hydrogen) atoms. The molecule has 6 nitrogen and oxygen atoms in total. The number of fused-ring (bicyclic) bond motifs is 1. The molecule has 1 aliphatic heterocycles. The molecule has 2 aromatic carbocycles. The van der Waals surface area contributed by atoms with Gasteiger partial charge in [0, 0.05) is 23.7 Å².